The number of aryl methyl sites for hydroxylation is 1. The standard InChI is InChI=1S/C22H17F2N3O2S/c1-14-4-2-6-17(8-14)29-13-20(28)27(12-15-5-3-7-25-11-15)22-26-21-18(24)9-16(23)10-19(21)30-22/h2-11H,12-13H2,1H3. The summed E-state index contributed by atoms with van der Waals surface area (Å²) in [6.45, 7) is 1.88. The maximum absolute atomic E-state index is 14.1. The quantitative estimate of drug-likeness (QED) is 0.441. The fraction of sp³-hybridized carbons (Fsp3) is 0.136. The molecule has 30 heavy (non-hydrogen) atoms. The molecule has 2 heterocycles. The van der Waals surface area contributed by atoms with Gasteiger partial charge in [-0.3, -0.25) is 14.7 Å². The molecule has 0 aliphatic rings. The van der Waals surface area contributed by atoms with E-state index >= 15 is 0 Å². The second-order valence-corrected chi connectivity index (χ2v) is 7.69. The van der Waals surface area contributed by atoms with E-state index in [9.17, 15) is 13.6 Å². The molecule has 0 fully saturated rings. The summed E-state index contributed by atoms with van der Waals surface area (Å²) in [5, 5.41) is 0.260. The molecule has 2 aromatic carbocycles. The third-order valence-electron chi connectivity index (χ3n) is 4.35. The third kappa shape index (κ3) is 4.44. The number of carbonyl (C=O) groups excluding carboxylic acids is 1. The average molecular weight is 425 g/mol. The van der Waals surface area contributed by atoms with Gasteiger partial charge in [-0.25, -0.2) is 13.8 Å². The molecule has 1 amide bonds. The monoisotopic (exact) mass is 425 g/mol. The van der Waals surface area contributed by atoms with Crippen LogP contribution in [0.1, 0.15) is 11.1 Å². The largest absolute Gasteiger partial charge is 0.484 e. The van der Waals surface area contributed by atoms with Crippen molar-refractivity contribution in [3.8, 4) is 5.75 Å². The molecule has 0 bridgehead atoms. The highest BCUT2D eigenvalue weighted by Gasteiger charge is 2.22. The van der Waals surface area contributed by atoms with Gasteiger partial charge >= 0.3 is 0 Å². The summed E-state index contributed by atoms with van der Waals surface area (Å²) in [5.41, 5.74) is 1.81. The van der Waals surface area contributed by atoms with Gasteiger partial charge in [-0.2, -0.15) is 0 Å². The van der Waals surface area contributed by atoms with Crippen LogP contribution in [-0.2, 0) is 11.3 Å². The van der Waals surface area contributed by atoms with E-state index in [0.29, 0.717) is 10.4 Å². The Morgan fingerprint density at radius 2 is 2.03 bits per heavy atom. The highest BCUT2D eigenvalue weighted by atomic mass is 32.1. The molecule has 0 radical (unpaired) electrons. The minimum atomic E-state index is -0.766. The molecule has 0 saturated heterocycles. The number of amides is 1. The second kappa shape index (κ2) is 8.54. The number of carbonyl (C=O) groups is 1. The summed E-state index contributed by atoms with van der Waals surface area (Å²) in [6, 6.07) is 12.9. The van der Waals surface area contributed by atoms with Gasteiger partial charge in [-0.05, 0) is 42.3 Å². The van der Waals surface area contributed by atoms with Crippen molar-refractivity contribution in [2.24, 2.45) is 0 Å². The Hall–Kier alpha value is -3.39. The van der Waals surface area contributed by atoms with Crippen LogP contribution in [-0.4, -0.2) is 22.5 Å². The Bertz CT molecular complexity index is 1200. The summed E-state index contributed by atoms with van der Waals surface area (Å²) < 4.78 is 33.7. The first kappa shape index (κ1) is 19.9. The van der Waals surface area contributed by atoms with Crippen molar-refractivity contribution in [3.63, 3.8) is 0 Å². The zero-order valence-corrected chi connectivity index (χ0v) is 16.8. The average Bonchev–Trinajstić information content (AvgIpc) is 3.15. The Morgan fingerprint density at radius 3 is 2.80 bits per heavy atom. The van der Waals surface area contributed by atoms with E-state index in [1.165, 1.54) is 11.0 Å². The zero-order valence-electron chi connectivity index (χ0n) is 16.0. The van der Waals surface area contributed by atoms with Crippen LogP contribution in [0.2, 0.25) is 0 Å². The molecule has 0 spiro atoms. The lowest BCUT2D eigenvalue weighted by atomic mass is 10.2. The molecular weight excluding hydrogens is 408 g/mol. The van der Waals surface area contributed by atoms with Gasteiger partial charge in [0.15, 0.2) is 17.6 Å². The van der Waals surface area contributed by atoms with Gasteiger partial charge < -0.3 is 4.74 Å². The molecule has 4 aromatic rings. The number of halogens is 2. The normalized spacial score (nSPS) is 10.9. The van der Waals surface area contributed by atoms with Crippen LogP contribution in [0, 0.1) is 18.6 Å². The number of ether oxygens (including phenoxy) is 1. The Kier molecular flexibility index (Phi) is 5.67. The number of anilines is 1. The lowest BCUT2D eigenvalue weighted by Crippen LogP contribution is -2.34. The van der Waals surface area contributed by atoms with Gasteiger partial charge in [-0.1, -0.05) is 29.5 Å². The zero-order chi connectivity index (χ0) is 21.1. The summed E-state index contributed by atoms with van der Waals surface area (Å²) >= 11 is 1.04. The molecular formula is C22H17F2N3O2S. The minimum Gasteiger partial charge on any atom is -0.484 e. The first-order valence-electron chi connectivity index (χ1n) is 9.14. The number of benzene rings is 2. The van der Waals surface area contributed by atoms with Crippen molar-refractivity contribution in [2.75, 3.05) is 11.5 Å². The highest BCUT2D eigenvalue weighted by molar-refractivity contribution is 7.22. The van der Waals surface area contributed by atoms with Crippen molar-refractivity contribution in [2.45, 2.75) is 13.5 Å². The van der Waals surface area contributed by atoms with E-state index in [2.05, 4.69) is 9.97 Å². The fourth-order valence-corrected chi connectivity index (χ4v) is 3.95. The van der Waals surface area contributed by atoms with E-state index in [-0.39, 0.29) is 29.7 Å². The molecule has 0 saturated carbocycles. The number of thiazole rings is 1. The van der Waals surface area contributed by atoms with Crippen molar-refractivity contribution >= 4 is 32.6 Å². The molecule has 0 aliphatic carbocycles. The van der Waals surface area contributed by atoms with E-state index in [4.69, 9.17) is 4.74 Å². The number of fused-ring (bicyclic) bond motifs is 1. The number of pyridine rings is 1. The van der Waals surface area contributed by atoms with Crippen LogP contribution in [0.4, 0.5) is 13.9 Å². The van der Waals surface area contributed by atoms with Crippen LogP contribution < -0.4 is 9.64 Å². The Labute approximate surface area is 175 Å². The molecule has 5 nitrogen and oxygen atoms in total. The van der Waals surface area contributed by atoms with Crippen molar-refractivity contribution in [1.29, 1.82) is 0 Å². The molecule has 2 aromatic heterocycles. The van der Waals surface area contributed by atoms with Crippen LogP contribution in [0.15, 0.2) is 60.9 Å². The highest BCUT2D eigenvalue weighted by Crippen LogP contribution is 2.32. The number of hydrogen-bond donors (Lipinski definition) is 0. The van der Waals surface area contributed by atoms with Gasteiger partial charge in [0.05, 0.1) is 11.2 Å². The summed E-state index contributed by atoms with van der Waals surface area (Å²) in [6.07, 6.45) is 3.27. The number of aromatic nitrogens is 2. The van der Waals surface area contributed by atoms with Crippen molar-refractivity contribution < 1.29 is 18.3 Å². The van der Waals surface area contributed by atoms with E-state index in [1.54, 1.807) is 24.5 Å². The van der Waals surface area contributed by atoms with Crippen LogP contribution in [0.5, 0.6) is 5.75 Å². The molecule has 0 unspecified atom stereocenters. The number of rotatable bonds is 6. The molecule has 4 rings (SSSR count). The van der Waals surface area contributed by atoms with Crippen molar-refractivity contribution in [1.82, 2.24) is 9.97 Å². The lowest BCUT2D eigenvalue weighted by molar-refractivity contribution is -0.120. The summed E-state index contributed by atoms with van der Waals surface area (Å²) in [7, 11) is 0. The van der Waals surface area contributed by atoms with Crippen molar-refractivity contribution in [3.05, 3.63) is 83.7 Å². The van der Waals surface area contributed by atoms with Crippen LogP contribution in [0.3, 0.4) is 0 Å². The van der Waals surface area contributed by atoms with Gasteiger partial charge in [-0.15, -0.1) is 0 Å². The van der Waals surface area contributed by atoms with Gasteiger partial charge in [0.2, 0.25) is 0 Å². The number of nitrogens with zero attached hydrogens (tertiary/aromatic N) is 3. The summed E-state index contributed by atoms with van der Waals surface area (Å²) in [4.78, 5) is 22.7. The van der Waals surface area contributed by atoms with Crippen LogP contribution in [0.25, 0.3) is 10.2 Å². The first-order valence-corrected chi connectivity index (χ1v) is 9.95. The topological polar surface area (TPSA) is 55.3 Å². The summed E-state index contributed by atoms with van der Waals surface area (Å²) in [5.74, 6) is -1.25. The predicted octanol–water partition coefficient (Wildman–Crippen LogP) is 4.89. The van der Waals surface area contributed by atoms with Crippen LogP contribution >= 0.6 is 11.3 Å². The smallest absolute Gasteiger partial charge is 0.267 e. The number of hydrogen-bond acceptors (Lipinski definition) is 5. The molecule has 0 aliphatic heterocycles. The van der Waals surface area contributed by atoms with E-state index in [0.717, 1.165) is 28.5 Å². The maximum Gasteiger partial charge on any atom is 0.267 e. The lowest BCUT2D eigenvalue weighted by Gasteiger charge is -2.20. The Morgan fingerprint density at radius 1 is 1.17 bits per heavy atom. The van der Waals surface area contributed by atoms with Gasteiger partial charge in [0.25, 0.3) is 5.91 Å². The predicted molar refractivity (Wildman–Crippen MR) is 112 cm³/mol. The molecule has 8 heteroatoms. The van der Waals surface area contributed by atoms with E-state index in [1.807, 2.05) is 31.2 Å². The third-order valence-corrected chi connectivity index (χ3v) is 5.37. The molecule has 152 valence electrons. The first-order chi connectivity index (χ1) is 14.5. The molecule has 0 atom stereocenters. The van der Waals surface area contributed by atoms with E-state index < -0.39 is 11.6 Å². The fourth-order valence-electron chi connectivity index (χ4n) is 2.93. The van der Waals surface area contributed by atoms with Gasteiger partial charge in [0, 0.05) is 18.5 Å². The maximum atomic E-state index is 14.1. The Balaban J connectivity index is 1.64. The second-order valence-electron chi connectivity index (χ2n) is 6.68. The van der Waals surface area contributed by atoms with Gasteiger partial charge in [0.1, 0.15) is 17.1 Å². The SMILES string of the molecule is Cc1cccc(OCC(=O)N(Cc2cccnc2)c2nc3c(F)cc(F)cc3s2)c1. The minimum absolute atomic E-state index is 0.0278. The molecule has 0 N–H and O–H groups in total.